The van der Waals surface area contributed by atoms with Gasteiger partial charge in [0.15, 0.2) is 0 Å². The molecule has 0 atom stereocenters. The van der Waals surface area contributed by atoms with Crippen LogP contribution in [0.15, 0.2) is 21.7 Å². The van der Waals surface area contributed by atoms with E-state index in [1.807, 2.05) is 0 Å². The van der Waals surface area contributed by atoms with Gasteiger partial charge in [-0.25, -0.2) is 0 Å². The van der Waals surface area contributed by atoms with E-state index >= 15 is 0 Å². The molecular formula is C11H16Mn. The van der Waals surface area contributed by atoms with E-state index in [0.29, 0.717) is 5.92 Å². The van der Waals surface area contributed by atoms with Crippen molar-refractivity contribution in [1.29, 1.82) is 0 Å². The van der Waals surface area contributed by atoms with Gasteiger partial charge in [-0.15, -0.1) is 0 Å². The van der Waals surface area contributed by atoms with Crippen molar-refractivity contribution in [2.24, 2.45) is 11.8 Å². The minimum Gasteiger partial charge on any atom is -1.00 e. The monoisotopic (exact) mass is 203 g/mol. The third-order valence-corrected chi connectivity index (χ3v) is 3.27. The first-order valence-corrected chi connectivity index (χ1v) is 5.38. The van der Waals surface area contributed by atoms with E-state index in [9.17, 15) is 0 Å². The Bertz CT molecular complexity index is 259. The summed E-state index contributed by atoms with van der Waals surface area (Å²) in [7, 11) is 0. The van der Waals surface area contributed by atoms with Gasteiger partial charge in [0.05, 0.1) is 0 Å². The topological polar surface area (TPSA) is 0 Å². The van der Waals surface area contributed by atoms with Crippen LogP contribution in [-0.4, -0.2) is 0 Å². The summed E-state index contributed by atoms with van der Waals surface area (Å²) >= 11 is 3.68. The zero-order valence-electron chi connectivity index (χ0n) is 8.73. The maximum atomic E-state index is 3.68. The quantitative estimate of drug-likeness (QED) is 0.604. The molecule has 0 radical (unpaired) electrons. The molecule has 2 rings (SSSR count). The Labute approximate surface area is 84.4 Å². The molecule has 0 aromatic carbocycles. The summed E-state index contributed by atoms with van der Waals surface area (Å²) in [6, 6.07) is 0. The number of rotatable bonds is 2. The van der Waals surface area contributed by atoms with Crippen LogP contribution in [0.3, 0.4) is 0 Å². The van der Waals surface area contributed by atoms with Gasteiger partial charge in [-0.05, 0) is 0 Å². The van der Waals surface area contributed by atoms with E-state index in [1.165, 1.54) is 17.3 Å². The Morgan fingerprint density at radius 2 is 2.17 bits per heavy atom. The molecule has 0 unspecified atom stereocenters. The first-order chi connectivity index (χ1) is 5.70. The Balaban J connectivity index is 0.000000845. The van der Waals surface area contributed by atoms with Crippen LogP contribution in [0.1, 0.15) is 34.5 Å². The van der Waals surface area contributed by atoms with Crippen LogP contribution >= 0.6 is 0 Å². The summed E-state index contributed by atoms with van der Waals surface area (Å²) in [6.45, 7) is 4.58. The molecule has 2 aliphatic rings. The molecule has 2 aliphatic carbocycles. The van der Waals surface area contributed by atoms with Crippen molar-refractivity contribution >= 4 is 0 Å². The predicted molar refractivity (Wildman–Crippen MR) is 48.4 cm³/mol. The average molecular weight is 203 g/mol. The second-order valence-corrected chi connectivity index (χ2v) is 4.82. The SMILES string of the molecule is CC(C)C1=CC[C]([Mn+])=C1C1CC1.[H-]. The second-order valence-electron chi connectivity index (χ2n) is 4.11. The van der Waals surface area contributed by atoms with Crippen LogP contribution in [0, 0.1) is 11.8 Å². The van der Waals surface area contributed by atoms with E-state index in [-0.39, 0.29) is 1.43 Å². The number of hydrogen-bond donors (Lipinski definition) is 0. The van der Waals surface area contributed by atoms with Crippen molar-refractivity contribution < 1.29 is 17.4 Å². The fourth-order valence-corrected chi connectivity index (χ4v) is 2.48. The van der Waals surface area contributed by atoms with Gasteiger partial charge < -0.3 is 1.43 Å². The van der Waals surface area contributed by atoms with Gasteiger partial charge in [-0.2, -0.15) is 0 Å². The van der Waals surface area contributed by atoms with Crippen molar-refractivity contribution in [3.8, 4) is 0 Å². The van der Waals surface area contributed by atoms with Crippen LogP contribution < -0.4 is 0 Å². The molecule has 1 heteroatoms. The Morgan fingerprint density at radius 3 is 2.67 bits per heavy atom. The molecule has 0 nitrogen and oxygen atoms in total. The predicted octanol–water partition coefficient (Wildman–Crippen LogP) is 3.30. The maximum absolute atomic E-state index is 3.68. The van der Waals surface area contributed by atoms with Crippen molar-refractivity contribution in [3.05, 3.63) is 21.7 Å². The molecule has 0 spiro atoms. The van der Waals surface area contributed by atoms with E-state index in [0.717, 1.165) is 12.3 Å². The van der Waals surface area contributed by atoms with Crippen LogP contribution in [0.25, 0.3) is 0 Å². The molecule has 12 heavy (non-hydrogen) atoms. The Hall–Kier alpha value is -0.000519. The maximum Gasteiger partial charge on any atom is -1.00 e. The van der Waals surface area contributed by atoms with Crippen molar-refractivity contribution in [3.63, 3.8) is 0 Å². The van der Waals surface area contributed by atoms with Crippen molar-refractivity contribution in [2.75, 3.05) is 0 Å². The van der Waals surface area contributed by atoms with Crippen LogP contribution in [0.2, 0.25) is 0 Å². The van der Waals surface area contributed by atoms with Crippen LogP contribution in [-0.2, 0) is 16.0 Å². The van der Waals surface area contributed by atoms with E-state index < -0.39 is 0 Å². The molecule has 0 bridgehead atoms. The van der Waals surface area contributed by atoms with Crippen LogP contribution in [0.5, 0.6) is 0 Å². The Kier molecular flexibility index (Phi) is 2.18. The summed E-state index contributed by atoms with van der Waals surface area (Å²) in [5.74, 6) is 1.60. The zero-order valence-corrected chi connectivity index (χ0v) is 8.91. The van der Waals surface area contributed by atoms with E-state index in [2.05, 4.69) is 35.9 Å². The van der Waals surface area contributed by atoms with Crippen molar-refractivity contribution in [2.45, 2.75) is 33.1 Å². The Morgan fingerprint density at radius 1 is 1.50 bits per heavy atom. The van der Waals surface area contributed by atoms with Gasteiger partial charge in [-0.1, -0.05) is 0 Å². The minimum atomic E-state index is 0. The van der Waals surface area contributed by atoms with Gasteiger partial charge in [0.1, 0.15) is 0 Å². The summed E-state index contributed by atoms with van der Waals surface area (Å²) < 4.78 is 1.45. The van der Waals surface area contributed by atoms with E-state index in [1.54, 1.807) is 11.1 Å². The first-order valence-electron chi connectivity index (χ1n) is 4.79. The summed E-state index contributed by atoms with van der Waals surface area (Å²) in [6.07, 6.45) is 6.35. The molecule has 0 aromatic heterocycles. The molecule has 1 fully saturated rings. The average Bonchev–Trinajstić information content (AvgIpc) is 2.75. The molecule has 1 saturated carbocycles. The molecule has 0 heterocycles. The molecule has 0 saturated heterocycles. The molecule has 67 valence electrons. The van der Waals surface area contributed by atoms with Gasteiger partial charge in [0.25, 0.3) is 0 Å². The fourth-order valence-electron chi connectivity index (χ4n) is 1.95. The van der Waals surface area contributed by atoms with E-state index in [4.69, 9.17) is 0 Å². The van der Waals surface area contributed by atoms with Crippen molar-refractivity contribution in [1.82, 2.24) is 0 Å². The fraction of sp³-hybridized carbons (Fsp3) is 0.636. The molecular weight excluding hydrogens is 187 g/mol. The third kappa shape index (κ3) is 1.41. The first kappa shape index (κ1) is 8.59. The smallest absolute Gasteiger partial charge is 1.00 e. The summed E-state index contributed by atoms with van der Waals surface area (Å²) in [5.41, 5.74) is 3.24. The standard InChI is InChI=1S/C11H15.Mn.H/c1-8(2)10-4-3-5-11(10)9-6-7-9;;/h4,8-9H,3,6-7H2,1-2H3;;/q;+1;-1. The minimum absolute atomic E-state index is 0. The third-order valence-electron chi connectivity index (χ3n) is 2.71. The summed E-state index contributed by atoms with van der Waals surface area (Å²) in [5, 5.41) is 0. The van der Waals surface area contributed by atoms with Crippen LogP contribution in [0.4, 0.5) is 0 Å². The summed E-state index contributed by atoms with van der Waals surface area (Å²) in [4.78, 5) is 0. The van der Waals surface area contributed by atoms with Gasteiger partial charge in [0.2, 0.25) is 0 Å². The van der Waals surface area contributed by atoms with Gasteiger partial charge in [-0.3, -0.25) is 0 Å². The second kappa shape index (κ2) is 3.05. The zero-order chi connectivity index (χ0) is 8.72. The molecule has 0 amide bonds. The molecule has 0 aromatic rings. The molecule has 0 aliphatic heterocycles. The van der Waals surface area contributed by atoms with Gasteiger partial charge >= 0.3 is 82.7 Å². The number of hydrogen-bond acceptors (Lipinski definition) is 0. The van der Waals surface area contributed by atoms with Gasteiger partial charge in [0, 0.05) is 0 Å². The molecule has 0 N–H and O–H groups in total. The normalized spacial score (nSPS) is 23.8. The largest absolute Gasteiger partial charge is 1.00 e. The number of allylic oxidation sites excluding steroid dienone is 4.